The van der Waals surface area contributed by atoms with Gasteiger partial charge in [0.15, 0.2) is 0 Å². The summed E-state index contributed by atoms with van der Waals surface area (Å²) in [5.74, 6) is 1.11. The molecule has 0 spiro atoms. The van der Waals surface area contributed by atoms with E-state index < -0.39 is 0 Å². The third-order valence-corrected chi connectivity index (χ3v) is 6.00. The van der Waals surface area contributed by atoms with Crippen molar-refractivity contribution in [1.82, 2.24) is 24.1 Å². The van der Waals surface area contributed by atoms with Crippen molar-refractivity contribution in [2.24, 2.45) is 5.92 Å². The number of aromatic nitrogens is 5. The SMILES string of the molecule is Cc1nc2nc3ccn([C@@H]4CCCC[C@@H]4C)c(=O)c3c(-c3ccc(F)cc3)n2n1. The molecule has 148 valence electrons. The molecule has 3 heterocycles. The van der Waals surface area contributed by atoms with Crippen molar-refractivity contribution in [3.63, 3.8) is 0 Å². The Morgan fingerprint density at radius 3 is 2.59 bits per heavy atom. The lowest BCUT2D eigenvalue weighted by molar-refractivity contribution is 0.253. The Hall–Kier alpha value is -3.09. The summed E-state index contributed by atoms with van der Waals surface area (Å²) in [5, 5.41) is 4.96. The smallest absolute Gasteiger partial charge is 0.262 e. The number of nitrogens with zero attached hydrogens (tertiary/aromatic N) is 5. The summed E-state index contributed by atoms with van der Waals surface area (Å²) in [6, 6.07) is 8.18. The van der Waals surface area contributed by atoms with Gasteiger partial charge in [0.25, 0.3) is 11.3 Å². The average Bonchev–Trinajstić information content (AvgIpc) is 3.08. The molecule has 4 aromatic rings. The Morgan fingerprint density at radius 1 is 1.07 bits per heavy atom. The minimum Gasteiger partial charge on any atom is -0.311 e. The molecule has 3 aromatic heterocycles. The van der Waals surface area contributed by atoms with E-state index in [0.717, 1.165) is 19.3 Å². The third-order valence-electron chi connectivity index (χ3n) is 6.00. The predicted molar refractivity (Wildman–Crippen MR) is 109 cm³/mol. The molecule has 0 bridgehead atoms. The van der Waals surface area contributed by atoms with Crippen LogP contribution in [0.15, 0.2) is 41.3 Å². The van der Waals surface area contributed by atoms with Gasteiger partial charge in [-0.3, -0.25) is 4.79 Å². The van der Waals surface area contributed by atoms with Gasteiger partial charge < -0.3 is 4.57 Å². The van der Waals surface area contributed by atoms with Crippen molar-refractivity contribution in [1.29, 1.82) is 0 Å². The van der Waals surface area contributed by atoms with Crippen LogP contribution in [0.5, 0.6) is 0 Å². The Labute approximate surface area is 167 Å². The highest BCUT2D eigenvalue weighted by Crippen LogP contribution is 2.33. The highest BCUT2D eigenvalue weighted by molar-refractivity contribution is 5.93. The van der Waals surface area contributed by atoms with Crippen molar-refractivity contribution < 1.29 is 4.39 Å². The quantitative estimate of drug-likeness (QED) is 0.511. The highest BCUT2D eigenvalue weighted by Gasteiger charge is 2.26. The summed E-state index contributed by atoms with van der Waals surface area (Å²) in [6.07, 6.45) is 6.32. The average molecular weight is 391 g/mol. The van der Waals surface area contributed by atoms with E-state index in [0.29, 0.717) is 39.7 Å². The standard InChI is InChI=1S/C22H22FN5O/c1-13-5-3-4-6-18(13)27-12-11-17-19(21(27)29)20(15-7-9-16(23)10-8-15)28-22(25-17)24-14(2)26-28/h7-13,18H,3-6H2,1-2H3/t13-,18+/m0/s1. The fourth-order valence-corrected chi connectivity index (χ4v) is 4.54. The lowest BCUT2D eigenvalue weighted by Gasteiger charge is -2.30. The first-order chi connectivity index (χ1) is 14.0. The summed E-state index contributed by atoms with van der Waals surface area (Å²) in [5.41, 5.74) is 1.81. The minimum absolute atomic E-state index is 0.0804. The van der Waals surface area contributed by atoms with Gasteiger partial charge in [-0.25, -0.2) is 9.37 Å². The molecule has 6 nitrogen and oxygen atoms in total. The Kier molecular flexibility index (Phi) is 4.19. The largest absolute Gasteiger partial charge is 0.311 e. The lowest BCUT2D eigenvalue weighted by Crippen LogP contribution is -2.31. The summed E-state index contributed by atoms with van der Waals surface area (Å²) < 4.78 is 17.0. The minimum atomic E-state index is -0.327. The molecule has 1 aliphatic rings. The number of hydrogen-bond acceptors (Lipinski definition) is 4. The number of fused-ring (bicyclic) bond motifs is 2. The molecule has 1 saturated carbocycles. The summed E-state index contributed by atoms with van der Waals surface area (Å²) in [6.45, 7) is 4.00. The molecule has 1 aliphatic carbocycles. The molecule has 0 aliphatic heterocycles. The molecular formula is C22H22FN5O. The van der Waals surface area contributed by atoms with Gasteiger partial charge in [-0.1, -0.05) is 19.8 Å². The number of rotatable bonds is 2. The summed E-state index contributed by atoms with van der Waals surface area (Å²) >= 11 is 0. The molecule has 0 amide bonds. The molecule has 7 heteroatoms. The second-order valence-electron chi connectivity index (χ2n) is 7.96. The first-order valence-electron chi connectivity index (χ1n) is 10.1. The molecule has 0 N–H and O–H groups in total. The van der Waals surface area contributed by atoms with Crippen LogP contribution in [-0.4, -0.2) is 24.1 Å². The molecule has 1 aromatic carbocycles. The molecule has 0 radical (unpaired) electrons. The number of hydrogen-bond donors (Lipinski definition) is 0. The zero-order valence-electron chi connectivity index (χ0n) is 16.5. The molecule has 29 heavy (non-hydrogen) atoms. The fraction of sp³-hybridized carbons (Fsp3) is 0.364. The first-order valence-corrected chi connectivity index (χ1v) is 10.1. The van der Waals surface area contributed by atoms with Crippen LogP contribution in [0.2, 0.25) is 0 Å². The van der Waals surface area contributed by atoms with Gasteiger partial charge in [0.1, 0.15) is 11.6 Å². The third kappa shape index (κ3) is 2.92. The van der Waals surface area contributed by atoms with Crippen LogP contribution in [0.3, 0.4) is 0 Å². The van der Waals surface area contributed by atoms with Crippen molar-refractivity contribution in [2.75, 3.05) is 0 Å². The van der Waals surface area contributed by atoms with E-state index in [1.807, 2.05) is 16.8 Å². The van der Waals surface area contributed by atoms with Gasteiger partial charge in [0, 0.05) is 17.8 Å². The van der Waals surface area contributed by atoms with Gasteiger partial charge in [-0.2, -0.15) is 9.50 Å². The van der Waals surface area contributed by atoms with Crippen LogP contribution in [0.1, 0.15) is 44.5 Å². The van der Waals surface area contributed by atoms with Gasteiger partial charge >= 0.3 is 0 Å². The molecule has 1 fully saturated rings. The molecular weight excluding hydrogens is 369 g/mol. The van der Waals surface area contributed by atoms with Crippen LogP contribution < -0.4 is 5.56 Å². The Balaban J connectivity index is 1.85. The Bertz CT molecular complexity index is 1270. The molecule has 2 atom stereocenters. The van der Waals surface area contributed by atoms with Crippen molar-refractivity contribution in [3.8, 4) is 11.3 Å². The highest BCUT2D eigenvalue weighted by atomic mass is 19.1. The molecule has 0 saturated heterocycles. The summed E-state index contributed by atoms with van der Waals surface area (Å²) in [4.78, 5) is 22.6. The van der Waals surface area contributed by atoms with Gasteiger partial charge in [-0.15, -0.1) is 5.10 Å². The zero-order chi connectivity index (χ0) is 20.1. The molecule has 0 unspecified atom stereocenters. The van der Waals surface area contributed by atoms with E-state index in [1.54, 1.807) is 23.6 Å². The van der Waals surface area contributed by atoms with Crippen molar-refractivity contribution in [2.45, 2.75) is 45.6 Å². The van der Waals surface area contributed by atoms with Crippen LogP contribution in [0, 0.1) is 18.7 Å². The maximum absolute atomic E-state index is 13.7. The summed E-state index contributed by atoms with van der Waals surface area (Å²) in [7, 11) is 0. The van der Waals surface area contributed by atoms with E-state index in [-0.39, 0.29) is 17.4 Å². The topological polar surface area (TPSA) is 65.1 Å². The van der Waals surface area contributed by atoms with Gasteiger partial charge in [0.05, 0.1) is 16.6 Å². The second kappa shape index (κ2) is 6.76. The normalized spacial score (nSPS) is 19.8. The first kappa shape index (κ1) is 18.0. The maximum Gasteiger partial charge on any atom is 0.262 e. The number of benzene rings is 1. The van der Waals surface area contributed by atoms with E-state index in [1.165, 1.54) is 18.6 Å². The van der Waals surface area contributed by atoms with Gasteiger partial charge in [-0.05, 0) is 56.0 Å². The zero-order valence-corrected chi connectivity index (χ0v) is 16.5. The monoisotopic (exact) mass is 391 g/mol. The van der Waals surface area contributed by atoms with E-state index in [9.17, 15) is 9.18 Å². The molecule has 5 rings (SSSR count). The second-order valence-corrected chi connectivity index (χ2v) is 7.96. The van der Waals surface area contributed by atoms with E-state index in [4.69, 9.17) is 0 Å². The number of pyridine rings is 1. The van der Waals surface area contributed by atoms with E-state index >= 15 is 0 Å². The number of halogens is 1. The lowest BCUT2D eigenvalue weighted by atomic mass is 9.85. The van der Waals surface area contributed by atoms with Crippen LogP contribution in [0.4, 0.5) is 4.39 Å². The Morgan fingerprint density at radius 2 is 1.83 bits per heavy atom. The fourth-order valence-electron chi connectivity index (χ4n) is 4.54. The van der Waals surface area contributed by atoms with Crippen LogP contribution >= 0.6 is 0 Å². The van der Waals surface area contributed by atoms with Crippen molar-refractivity contribution >= 4 is 16.7 Å². The number of aryl methyl sites for hydroxylation is 1. The predicted octanol–water partition coefficient (Wildman–Crippen LogP) is 4.30. The van der Waals surface area contributed by atoms with Crippen molar-refractivity contribution in [3.05, 3.63) is 58.5 Å². The van der Waals surface area contributed by atoms with Crippen LogP contribution in [0.25, 0.3) is 27.9 Å². The maximum atomic E-state index is 13.7. The van der Waals surface area contributed by atoms with Gasteiger partial charge in [0.2, 0.25) is 0 Å². The van der Waals surface area contributed by atoms with Crippen LogP contribution in [-0.2, 0) is 0 Å². The van der Waals surface area contributed by atoms with E-state index in [2.05, 4.69) is 22.0 Å².